The zero-order chi connectivity index (χ0) is 11.1. The van der Waals surface area contributed by atoms with E-state index in [0.717, 1.165) is 25.9 Å². The molecule has 1 rings (SSSR count). The third-order valence-corrected chi connectivity index (χ3v) is 2.18. The van der Waals surface area contributed by atoms with Crippen molar-refractivity contribution < 1.29 is 4.79 Å². The fourth-order valence-corrected chi connectivity index (χ4v) is 1.53. The summed E-state index contributed by atoms with van der Waals surface area (Å²) in [5.41, 5.74) is 0.680. The van der Waals surface area contributed by atoms with Gasteiger partial charge in [0.1, 0.15) is 0 Å². The van der Waals surface area contributed by atoms with Crippen molar-refractivity contribution in [2.45, 2.75) is 26.7 Å². The molecule has 0 fully saturated rings. The molecule has 0 aliphatic rings. The van der Waals surface area contributed by atoms with Crippen molar-refractivity contribution in [3.63, 3.8) is 0 Å². The molecule has 1 aromatic heterocycles. The zero-order valence-corrected chi connectivity index (χ0v) is 10.7. The van der Waals surface area contributed by atoms with Crippen molar-refractivity contribution in [3.8, 4) is 0 Å². The van der Waals surface area contributed by atoms with Crippen LogP contribution in [0.25, 0.3) is 0 Å². The minimum Gasteiger partial charge on any atom is -0.339 e. The number of amides is 1. The van der Waals surface area contributed by atoms with Crippen LogP contribution in [0.15, 0.2) is 24.5 Å². The van der Waals surface area contributed by atoms with Gasteiger partial charge in [-0.25, -0.2) is 0 Å². The summed E-state index contributed by atoms with van der Waals surface area (Å²) in [6, 6.07) is 3.61. The molecule has 0 unspecified atom stereocenters. The summed E-state index contributed by atoms with van der Waals surface area (Å²) in [5.74, 6) is 0.0896. The second kappa shape index (κ2) is 8.11. The van der Waals surface area contributed by atoms with Crippen LogP contribution in [0.4, 0.5) is 0 Å². The van der Waals surface area contributed by atoms with Crippen LogP contribution < -0.4 is 0 Å². The van der Waals surface area contributed by atoms with Gasteiger partial charge >= 0.3 is 0 Å². The maximum atomic E-state index is 12.0. The number of hydrogen-bond donors (Lipinski definition) is 0. The molecular weight excluding hydrogens is 224 g/mol. The summed E-state index contributed by atoms with van der Waals surface area (Å²) < 4.78 is 0. The van der Waals surface area contributed by atoms with Gasteiger partial charge in [-0.3, -0.25) is 9.78 Å². The lowest BCUT2D eigenvalue weighted by atomic mass is 10.2. The van der Waals surface area contributed by atoms with E-state index in [2.05, 4.69) is 18.8 Å². The van der Waals surface area contributed by atoms with Crippen molar-refractivity contribution in [1.29, 1.82) is 0 Å². The van der Waals surface area contributed by atoms with E-state index >= 15 is 0 Å². The Kier molecular flexibility index (Phi) is 7.56. The Morgan fingerprint density at radius 3 is 2.38 bits per heavy atom. The molecule has 0 aliphatic heterocycles. The van der Waals surface area contributed by atoms with Gasteiger partial charge in [-0.05, 0) is 25.0 Å². The average Bonchev–Trinajstić information content (AvgIpc) is 2.29. The van der Waals surface area contributed by atoms with Crippen molar-refractivity contribution in [1.82, 2.24) is 9.88 Å². The number of carbonyl (C=O) groups is 1. The summed E-state index contributed by atoms with van der Waals surface area (Å²) in [5, 5.41) is 0. The Morgan fingerprint density at radius 2 is 1.94 bits per heavy atom. The highest BCUT2D eigenvalue weighted by Crippen LogP contribution is 2.04. The molecule has 0 spiro atoms. The SMILES string of the molecule is CCCN(CCC)C(=O)c1cccnc1.Cl. The topological polar surface area (TPSA) is 33.2 Å². The second-order valence-electron chi connectivity index (χ2n) is 3.53. The molecule has 0 aliphatic carbocycles. The number of hydrogen-bond acceptors (Lipinski definition) is 2. The smallest absolute Gasteiger partial charge is 0.255 e. The van der Waals surface area contributed by atoms with Gasteiger partial charge in [0.15, 0.2) is 0 Å². The van der Waals surface area contributed by atoms with Crippen LogP contribution in [-0.4, -0.2) is 28.9 Å². The summed E-state index contributed by atoms with van der Waals surface area (Å²) in [6.45, 7) is 5.81. The number of halogens is 1. The van der Waals surface area contributed by atoms with E-state index in [1.165, 1.54) is 0 Å². The van der Waals surface area contributed by atoms with E-state index < -0.39 is 0 Å². The molecule has 3 nitrogen and oxygen atoms in total. The molecule has 1 aromatic rings. The van der Waals surface area contributed by atoms with E-state index in [4.69, 9.17) is 0 Å². The predicted octanol–water partition coefficient (Wildman–Crippen LogP) is 2.77. The molecule has 0 aromatic carbocycles. The van der Waals surface area contributed by atoms with E-state index in [9.17, 15) is 4.79 Å². The summed E-state index contributed by atoms with van der Waals surface area (Å²) in [7, 11) is 0. The highest BCUT2D eigenvalue weighted by Gasteiger charge is 2.13. The number of pyridine rings is 1. The Morgan fingerprint density at radius 1 is 1.31 bits per heavy atom. The third kappa shape index (κ3) is 4.19. The molecule has 0 bridgehead atoms. The Balaban J connectivity index is 0.00000225. The summed E-state index contributed by atoms with van der Waals surface area (Å²) >= 11 is 0. The Hall–Kier alpha value is -1.09. The molecule has 0 atom stereocenters. The molecule has 0 radical (unpaired) electrons. The van der Waals surface area contributed by atoms with Crippen molar-refractivity contribution in [3.05, 3.63) is 30.1 Å². The quantitative estimate of drug-likeness (QED) is 0.796. The molecule has 0 saturated carbocycles. The lowest BCUT2D eigenvalue weighted by Crippen LogP contribution is -2.32. The van der Waals surface area contributed by atoms with E-state index in [1.807, 2.05) is 11.0 Å². The van der Waals surface area contributed by atoms with Gasteiger partial charge in [0.2, 0.25) is 0 Å². The highest BCUT2D eigenvalue weighted by molar-refractivity contribution is 5.93. The molecule has 4 heteroatoms. The fraction of sp³-hybridized carbons (Fsp3) is 0.500. The maximum Gasteiger partial charge on any atom is 0.255 e. The minimum atomic E-state index is 0. The van der Waals surface area contributed by atoms with Crippen molar-refractivity contribution >= 4 is 18.3 Å². The van der Waals surface area contributed by atoms with Crippen molar-refractivity contribution in [2.75, 3.05) is 13.1 Å². The average molecular weight is 243 g/mol. The first-order chi connectivity index (χ1) is 7.29. The monoisotopic (exact) mass is 242 g/mol. The predicted molar refractivity (Wildman–Crippen MR) is 68.0 cm³/mol. The third-order valence-electron chi connectivity index (χ3n) is 2.18. The van der Waals surface area contributed by atoms with Gasteiger partial charge in [-0.2, -0.15) is 0 Å². The van der Waals surface area contributed by atoms with Crippen LogP contribution in [0, 0.1) is 0 Å². The van der Waals surface area contributed by atoms with Gasteiger partial charge < -0.3 is 4.90 Å². The van der Waals surface area contributed by atoms with Gasteiger partial charge in [-0.15, -0.1) is 12.4 Å². The maximum absolute atomic E-state index is 12.0. The van der Waals surface area contributed by atoms with Crippen LogP contribution in [-0.2, 0) is 0 Å². The largest absolute Gasteiger partial charge is 0.339 e. The van der Waals surface area contributed by atoms with E-state index in [0.29, 0.717) is 5.56 Å². The van der Waals surface area contributed by atoms with Gasteiger partial charge in [0.05, 0.1) is 5.56 Å². The normalized spacial score (nSPS) is 9.38. The standard InChI is InChI=1S/C12H18N2O.ClH/c1-3-8-14(9-4-2)12(15)11-6-5-7-13-10-11;/h5-7,10H,3-4,8-9H2,1-2H3;1H. The van der Waals surface area contributed by atoms with Crippen LogP contribution >= 0.6 is 12.4 Å². The van der Waals surface area contributed by atoms with Gasteiger partial charge in [0, 0.05) is 25.5 Å². The van der Waals surface area contributed by atoms with E-state index in [-0.39, 0.29) is 18.3 Å². The molecule has 1 heterocycles. The molecule has 1 amide bonds. The Bertz CT molecular complexity index is 297. The number of nitrogens with zero attached hydrogens (tertiary/aromatic N) is 2. The summed E-state index contributed by atoms with van der Waals surface area (Å²) in [4.78, 5) is 17.9. The lowest BCUT2D eigenvalue weighted by Gasteiger charge is -2.21. The van der Waals surface area contributed by atoms with Crippen LogP contribution in [0.1, 0.15) is 37.0 Å². The van der Waals surface area contributed by atoms with Gasteiger partial charge in [-0.1, -0.05) is 13.8 Å². The van der Waals surface area contributed by atoms with Crippen molar-refractivity contribution in [2.24, 2.45) is 0 Å². The number of aromatic nitrogens is 1. The van der Waals surface area contributed by atoms with Gasteiger partial charge in [0.25, 0.3) is 5.91 Å². The second-order valence-corrected chi connectivity index (χ2v) is 3.53. The summed E-state index contributed by atoms with van der Waals surface area (Å²) in [6.07, 6.45) is 5.29. The number of rotatable bonds is 5. The highest BCUT2D eigenvalue weighted by atomic mass is 35.5. The molecule has 90 valence electrons. The fourth-order valence-electron chi connectivity index (χ4n) is 1.53. The first-order valence-corrected chi connectivity index (χ1v) is 5.48. The lowest BCUT2D eigenvalue weighted by molar-refractivity contribution is 0.0755. The minimum absolute atomic E-state index is 0. The van der Waals surface area contributed by atoms with E-state index in [1.54, 1.807) is 18.5 Å². The first-order valence-electron chi connectivity index (χ1n) is 5.48. The molecule has 0 saturated heterocycles. The number of carbonyl (C=O) groups excluding carboxylic acids is 1. The molecule has 16 heavy (non-hydrogen) atoms. The van der Waals surface area contributed by atoms with Crippen LogP contribution in [0.3, 0.4) is 0 Å². The Labute approximate surface area is 103 Å². The molecule has 0 N–H and O–H groups in total. The van der Waals surface area contributed by atoms with Crippen LogP contribution in [0.2, 0.25) is 0 Å². The molecular formula is C12H19ClN2O. The van der Waals surface area contributed by atoms with Crippen LogP contribution in [0.5, 0.6) is 0 Å². The zero-order valence-electron chi connectivity index (χ0n) is 9.85. The first kappa shape index (κ1) is 14.9.